The number of ether oxygens (including phenoxy) is 2. The van der Waals surface area contributed by atoms with Gasteiger partial charge in [-0.15, -0.1) is 22.7 Å². The van der Waals surface area contributed by atoms with Crippen molar-refractivity contribution in [3.63, 3.8) is 0 Å². The van der Waals surface area contributed by atoms with E-state index in [1.54, 1.807) is 32.4 Å². The van der Waals surface area contributed by atoms with Crippen LogP contribution in [-0.4, -0.2) is 33.1 Å². The number of methoxy groups -OCH3 is 2. The highest BCUT2D eigenvalue weighted by molar-refractivity contribution is 7.84. The van der Waals surface area contributed by atoms with Crippen molar-refractivity contribution in [3.8, 4) is 11.5 Å². The highest BCUT2D eigenvalue weighted by Crippen LogP contribution is 2.37. The Labute approximate surface area is 195 Å². The summed E-state index contributed by atoms with van der Waals surface area (Å²) < 4.78 is 43.2. The summed E-state index contributed by atoms with van der Waals surface area (Å²) in [5, 5.41) is 0.568. The molecule has 6 nitrogen and oxygen atoms in total. The molecule has 0 amide bonds. The lowest BCUT2D eigenvalue weighted by atomic mass is 10.3. The molecule has 0 bridgehead atoms. The fourth-order valence-electron chi connectivity index (χ4n) is 2.80. The standard InChI is InChI=1S/C22H22FN3O3S3/c1-22(2,3)32(27)26-19(21-25-15-9-7-13(29-5)11-17(15)31-21)18(23)20-24-14-8-6-12(28-4)10-16(14)30-20/h6-11,26H,1-5H3/b19-18+. The van der Waals surface area contributed by atoms with Crippen LogP contribution in [0.15, 0.2) is 36.4 Å². The van der Waals surface area contributed by atoms with Crippen molar-refractivity contribution in [2.24, 2.45) is 0 Å². The highest BCUT2D eigenvalue weighted by Gasteiger charge is 2.26. The number of fused-ring (bicyclic) bond motifs is 2. The number of halogens is 1. The smallest absolute Gasteiger partial charge is 0.186 e. The van der Waals surface area contributed by atoms with Gasteiger partial charge in [-0.2, -0.15) is 0 Å². The predicted octanol–water partition coefficient (Wildman–Crippen LogP) is 5.77. The molecule has 168 valence electrons. The van der Waals surface area contributed by atoms with Crippen LogP contribution in [-0.2, 0) is 11.0 Å². The maximum atomic E-state index is 15.9. The molecule has 4 rings (SSSR count). The van der Waals surface area contributed by atoms with Gasteiger partial charge in [0.2, 0.25) is 0 Å². The largest absolute Gasteiger partial charge is 0.497 e. The molecule has 0 radical (unpaired) electrons. The number of thiazole rings is 2. The van der Waals surface area contributed by atoms with Gasteiger partial charge in [-0.1, -0.05) is 0 Å². The van der Waals surface area contributed by atoms with Gasteiger partial charge < -0.3 is 9.47 Å². The average Bonchev–Trinajstić information content (AvgIpc) is 3.38. The van der Waals surface area contributed by atoms with Crippen LogP contribution in [0.25, 0.3) is 32.0 Å². The first-order valence-corrected chi connectivity index (χ1v) is 12.5. The molecule has 0 aliphatic carbocycles. The van der Waals surface area contributed by atoms with Crippen molar-refractivity contribution in [2.45, 2.75) is 25.5 Å². The van der Waals surface area contributed by atoms with Gasteiger partial charge in [0.05, 0.1) is 39.4 Å². The van der Waals surface area contributed by atoms with Crippen molar-refractivity contribution >= 4 is 65.6 Å². The lowest BCUT2D eigenvalue weighted by molar-refractivity contribution is 0.415. The molecule has 0 spiro atoms. The minimum absolute atomic E-state index is 0.0597. The Kier molecular flexibility index (Phi) is 6.19. The van der Waals surface area contributed by atoms with Crippen LogP contribution in [0.3, 0.4) is 0 Å². The lowest BCUT2D eigenvalue weighted by Crippen LogP contribution is -2.32. The van der Waals surface area contributed by atoms with Crippen molar-refractivity contribution in [1.29, 1.82) is 0 Å². The molecular formula is C22H22FN3O3S3. The van der Waals surface area contributed by atoms with Gasteiger partial charge in [0.1, 0.15) is 33.2 Å². The molecule has 0 fully saturated rings. The molecule has 2 aromatic heterocycles. The minimum Gasteiger partial charge on any atom is -0.497 e. The molecule has 0 saturated heterocycles. The third-order valence-electron chi connectivity index (χ3n) is 4.56. The lowest BCUT2D eigenvalue weighted by Gasteiger charge is -2.19. The molecule has 1 atom stereocenters. The maximum absolute atomic E-state index is 15.9. The van der Waals surface area contributed by atoms with Crippen molar-refractivity contribution in [2.75, 3.05) is 14.2 Å². The first-order valence-electron chi connectivity index (χ1n) is 9.68. The molecular weight excluding hydrogens is 469 g/mol. The van der Waals surface area contributed by atoms with E-state index >= 15 is 4.39 Å². The third kappa shape index (κ3) is 4.48. The van der Waals surface area contributed by atoms with E-state index in [0.29, 0.717) is 27.5 Å². The Hall–Kier alpha value is -2.56. The molecule has 1 N–H and O–H groups in total. The average molecular weight is 492 g/mol. The summed E-state index contributed by atoms with van der Waals surface area (Å²) in [6.45, 7) is 5.45. The van der Waals surface area contributed by atoms with E-state index < -0.39 is 21.6 Å². The summed E-state index contributed by atoms with van der Waals surface area (Å²) in [5.41, 5.74) is 1.42. The van der Waals surface area contributed by atoms with Gasteiger partial charge in [-0.3, -0.25) is 4.72 Å². The zero-order valence-corrected chi connectivity index (χ0v) is 20.6. The molecule has 0 aliphatic rings. The van der Waals surface area contributed by atoms with E-state index in [9.17, 15) is 4.21 Å². The van der Waals surface area contributed by atoms with Crippen LogP contribution in [0.4, 0.5) is 4.39 Å². The zero-order valence-electron chi connectivity index (χ0n) is 18.2. The second kappa shape index (κ2) is 8.76. The Morgan fingerprint density at radius 1 is 0.938 bits per heavy atom. The number of rotatable bonds is 6. The van der Waals surface area contributed by atoms with Gasteiger partial charge >= 0.3 is 0 Å². The van der Waals surface area contributed by atoms with E-state index in [4.69, 9.17) is 9.47 Å². The summed E-state index contributed by atoms with van der Waals surface area (Å²) in [5.74, 6) is 0.753. The third-order valence-corrected chi connectivity index (χ3v) is 8.11. The summed E-state index contributed by atoms with van der Waals surface area (Å²) in [7, 11) is 1.60. The van der Waals surface area contributed by atoms with Crippen LogP contribution < -0.4 is 14.2 Å². The fraction of sp³-hybridized carbons (Fsp3) is 0.273. The van der Waals surface area contributed by atoms with Gasteiger partial charge in [0.15, 0.2) is 10.8 Å². The Morgan fingerprint density at radius 3 is 1.94 bits per heavy atom. The van der Waals surface area contributed by atoms with E-state index in [-0.39, 0.29) is 10.7 Å². The molecule has 4 aromatic rings. The normalized spacial score (nSPS) is 13.8. The molecule has 2 aromatic carbocycles. The molecule has 10 heteroatoms. The van der Waals surface area contributed by atoms with E-state index in [1.807, 2.05) is 39.0 Å². The quantitative estimate of drug-likeness (QED) is 0.371. The number of nitrogens with one attached hydrogen (secondary N) is 1. The second-order valence-electron chi connectivity index (χ2n) is 7.88. The van der Waals surface area contributed by atoms with Crippen LogP contribution in [0.1, 0.15) is 30.8 Å². The van der Waals surface area contributed by atoms with E-state index in [0.717, 1.165) is 9.40 Å². The summed E-state index contributed by atoms with van der Waals surface area (Å²) in [6, 6.07) is 10.8. The number of benzene rings is 2. The van der Waals surface area contributed by atoms with Crippen LogP contribution in [0.5, 0.6) is 11.5 Å². The number of aromatic nitrogens is 2. The van der Waals surface area contributed by atoms with Crippen molar-refractivity contribution in [3.05, 3.63) is 46.4 Å². The second-order valence-corrected chi connectivity index (χ2v) is 11.9. The molecule has 0 aliphatic heterocycles. The maximum Gasteiger partial charge on any atom is 0.186 e. The van der Waals surface area contributed by atoms with Gasteiger partial charge in [-0.05, 0) is 57.2 Å². The Morgan fingerprint density at radius 2 is 1.44 bits per heavy atom. The molecule has 1 unspecified atom stereocenters. The number of hydrogen-bond donors (Lipinski definition) is 1. The predicted molar refractivity (Wildman–Crippen MR) is 131 cm³/mol. The van der Waals surface area contributed by atoms with Crippen LogP contribution in [0, 0.1) is 0 Å². The number of nitrogens with zero attached hydrogens (tertiary/aromatic N) is 2. The monoisotopic (exact) mass is 491 g/mol. The zero-order chi connectivity index (χ0) is 23.0. The molecule has 2 heterocycles. The van der Waals surface area contributed by atoms with Crippen molar-refractivity contribution < 1.29 is 18.1 Å². The van der Waals surface area contributed by atoms with Crippen molar-refractivity contribution in [1.82, 2.24) is 14.7 Å². The van der Waals surface area contributed by atoms with E-state index in [2.05, 4.69) is 14.7 Å². The van der Waals surface area contributed by atoms with E-state index in [1.165, 1.54) is 22.7 Å². The first kappa shape index (κ1) is 22.6. The summed E-state index contributed by atoms with van der Waals surface area (Å²) in [4.78, 5) is 9.01. The molecule has 0 saturated carbocycles. The molecule has 32 heavy (non-hydrogen) atoms. The Bertz CT molecular complexity index is 1350. The summed E-state index contributed by atoms with van der Waals surface area (Å²) >= 11 is 2.49. The van der Waals surface area contributed by atoms with Gasteiger partial charge in [0.25, 0.3) is 0 Å². The first-order chi connectivity index (χ1) is 15.2. The Balaban J connectivity index is 1.86. The fourth-order valence-corrected chi connectivity index (χ4v) is 5.47. The van der Waals surface area contributed by atoms with Gasteiger partial charge in [0, 0.05) is 0 Å². The highest BCUT2D eigenvalue weighted by atomic mass is 32.2. The van der Waals surface area contributed by atoms with Gasteiger partial charge in [-0.25, -0.2) is 18.6 Å². The van der Waals surface area contributed by atoms with Crippen LogP contribution in [0.2, 0.25) is 0 Å². The summed E-state index contributed by atoms with van der Waals surface area (Å²) in [6.07, 6.45) is 0. The topological polar surface area (TPSA) is 73.3 Å². The van der Waals surface area contributed by atoms with Crippen LogP contribution >= 0.6 is 22.7 Å². The minimum atomic E-state index is -1.56. The number of hydrogen-bond acceptors (Lipinski definition) is 7. The SMILES string of the molecule is COc1ccc2nc(/C(F)=C(\NS(=O)C(C)(C)C)c3nc4ccc(OC)cc4s3)sc2c1.